The van der Waals surface area contributed by atoms with E-state index in [-0.39, 0.29) is 10.7 Å². The van der Waals surface area contributed by atoms with E-state index in [1.807, 2.05) is 0 Å². The topological polar surface area (TPSA) is 96.4 Å². The number of halogens is 1. The van der Waals surface area contributed by atoms with Crippen molar-refractivity contribution in [3.05, 3.63) is 53.2 Å². The van der Waals surface area contributed by atoms with E-state index in [0.29, 0.717) is 10.6 Å². The van der Waals surface area contributed by atoms with Gasteiger partial charge < -0.3 is 5.32 Å². The predicted octanol–water partition coefficient (Wildman–Crippen LogP) is 2.11. The van der Waals surface area contributed by atoms with Crippen LogP contribution in [0.2, 0.25) is 5.02 Å². The van der Waals surface area contributed by atoms with Crippen molar-refractivity contribution < 1.29 is 18.0 Å². The molecule has 0 spiro atoms. The molecule has 1 fully saturated rings. The Balaban J connectivity index is 1.98. The Morgan fingerprint density at radius 1 is 1.12 bits per heavy atom. The molecule has 130 valence electrons. The van der Waals surface area contributed by atoms with Crippen molar-refractivity contribution in [2.24, 2.45) is 0 Å². The Morgan fingerprint density at radius 3 is 2.28 bits per heavy atom. The van der Waals surface area contributed by atoms with Crippen LogP contribution in [0.4, 0.5) is 10.6 Å². The van der Waals surface area contributed by atoms with E-state index >= 15 is 0 Å². The molecule has 0 bridgehead atoms. The summed E-state index contributed by atoms with van der Waals surface area (Å²) in [6, 6.07) is 8.20. The normalized spacial score (nSPS) is 20.7. The van der Waals surface area contributed by atoms with Gasteiger partial charge >= 0.3 is 6.03 Å². The molecule has 0 radical (unpaired) electrons. The van der Waals surface area contributed by atoms with Gasteiger partial charge in [-0.2, -0.15) is 0 Å². The molecule has 2 aromatic rings. The van der Waals surface area contributed by atoms with E-state index in [1.165, 1.54) is 42.6 Å². The highest BCUT2D eigenvalue weighted by Crippen LogP contribution is 2.32. The molecular weight excluding hydrogens is 366 g/mol. The average molecular weight is 380 g/mol. The Morgan fingerprint density at radius 2 is 1.76 bits per heavy atom. The van der Waals surface area contributed by atoms with Gasteiger partial charge in [-0.25, -0.2) is 23.1 Å². The monoisotopic (exact) mass is 379 g/mol. The molecule has 0 saturated carbocycles. The lowest BCUT2D eigenvalue weighted by Gasteiger charge is -2.22. The van der Waals surface area contributed by atoms with Crippen molar-refractivity contribution in [1.29, 1.82) is 0 Å². The van der Waals surface area contributed by atoms with Crippen LogP contribution in [0.1, 0.15) is 12.5 Å². The van der Waals surface area contributed by atoms with Crippen LogP contribution >= 0.6 is 11.6 Å². The van der Waals surface area contributed by atoms with Gasteiger partial charge in [0.15, 0.2) is 9.84 Å². The summed E-state index contributed by atoms with van der Waals surface area (Å²) >= 11 is 5.78. The molecule has 3 amide bonds. The number of benzene rings is 1. The second kappa shape index (κ2) is 5.82. The van der Waals surface area contributed by atoms with Crippen molar-refractivity contribution in [3.63, 3.8) is 0 Å². The maximum atomic E-state index is 12.9. The lowest BCUT2D eigenvalue weighted by Crippen LogP contribution is -2.41. The second-order valence-corrected chi connectivity index (χ2v) is 8.28. The van der Waals surface area contributed by atoms with E-state index in [4.69, 9.17) is 11.6 Å². The SMILES string of the molecule is C[C@]1(c2ccc(S(C)(=O)=O)cc2)NC(=O)N(c2ccc(Cl)cn2)C1=O. The third-order valence-corrected chi connectivity index (χ3v) is 5.34. The molecule has 1 aliphatic heterocycles. The lowest BCUT2D eigenvalue weighted by atomic mass is 9.92. The minimum atomic E-state index is -3.35. The van der Waals surface area contributed by atoms with Crippen molar-refractivity contribution in [2.45, 2.75) is 17.4 Å². The Labute approximate surface area is 149 Å². The summed E-state index contributed by atoms with van der Waals surface area (Å²) in [7, 11) is -3.35. The largest absolute Gasteiger partial charge is 0.331 e. The molecule has 1 saturated heterocycles. The van der Waals surface area contributed by atoms with Crippen LogP contribution in [0, 0.1) is 0 Å². The fourth-order valence-corrected chi connectivity index (χ4v) is 3.32. The summed E-state index contributed by atoms with van der Waals surface area (Å²) in [4.78, 5) is 30.2. The summed E-state index contributed by atoms with van der Waals surface area (Å²) < 4.78 is 23.1. The van der Waals surface area contributed by atoms with Crippen LogP contribution in [0.5, 0.6) is 0 Å². The van der Waals surface area contributed by atoms with Crippen molar-refractivity contribution in [2.75, 3.05) is 11.2 Å². The number of nitrogens with one attached hydrogen (secondary N) is 1. The van der Waals surface area contributed by atoms with Gasteiger partial charge in [0.2, 0.25) is 0 Å². The highest BCUT2D eigenvalue weighted by molar-refractivity contribution is 7.90. The number of rotatable bonds is 3. The first-order valence-corrected chi connectivity index (χ1v) is 9.49. The van der Waals surface area contributed by atoms with Crippen LogP contribution in [-0.4, -0.2) is 31.6 Å². The van der Waals surface area contributed by atoms with E-state index in [9.17, 15) is 18.0 Å². The zero-order chi connectivity index (χ0) is 18.4. The molecule has 9 heteroatoms. The first-order valence-electron chi connectivity index (χ1n) is 7.22. The molecule has 1 N–H and O–H groups in total. The zero-order valence-corrected chi connectivity index (χ0v) is 14.9. The van der Waals surface area contributed by atoms with Crippen molar-refractivity contribution in [3.8, 4) is 0 Å². The molecule has 0 aliphatic carbocycles. The summed E-state index contributed by atoms with van der Waals surface area (Å²) in [5, 5.41) is 3.02. The number of amides is 3. The van der Waals surface area contributed by atoms with Crippen molar-refractivity contribution >= 4 is 39.2 Å². The van der Waals surface area contributed by atoms with Gasteiger partial charge in [0.1, 0.15) is 11.4 Å². The summed E-state index contributed by atoms with van der Waals surface area (Å²) in [5.74, 6) is -0.359. The maximum Gasteiger partial charge on any atom is 0.331 e. The number of carbonyl (C=O) groups excluding carboxylic acids is 2. The highest BCUT2D eigenvalue weighted by Gasteiger charge is 2.50. The van der Waals surface area contributed by atoms with Crippen molar-refractivity contribution in [1.82, 2.24) is 10.3 Å². The third kappa shape index (κ3) is 2.98. The number of hydrogen-bond donors (Lipinski definition) is 1. The standard InChI is InChI=1S/C16H14ClN3O4S/c1-16(10-3-6-12(7-4-10)25(2,23)24)14(21)20(15(22)19-16)13-8-5-11(17)9-18-13/h3-9H,1-2H3,(H,19,22)/t16-/m1/s1. The van der Waals surface area contributed by atoms with Gasteiger partial charge in [-0.15, -0.1) is 0 Å². The summed E-state index contributed by atoms with van der Waals surface area (Å²) in [5.41, 5.74) is -0.858. The molecule has 0 unspecified atom stereocenters. The smallest absolute Gasteiger partial charge is 0.319 e. The van der Waals surface area contributed by atoms with E-state index in [2.05, 4.69) is 10.3 Å². The van der Waals surface area contributed by atoms with Crippen LogP contribution < -0.4 is 10.2 Å². The lowest BCUT2D eigenvalue weighted by molar-refractivity contribution is -0.121. The van der Waals surface area contributed by atoms with Gasteiger partial charge in [0.25, 0.3) is 5.91 Å². The van der Waals surface area contributed by atoms with Crippen LogP contribution in [0.25, 0.3) is 0 Å². The van der Waals surface area contributed by atoms with Gasteiger partial charge in [-0.1, -0.05) is 23.7 Å². The highest BCUT2D eigenvalue weighted by atomic mass is 35.5. The number of sulfone groups is 1. The molecular formula is C16H14ClN3O4S. The average Bonchev–Trinajstić information content (AvgIpc) is 2.78. The number of urea groups is 1. The number of hydrogen-bond acceptors (Lipinski definition) is 5. The van der Waals surface area contributed by atoms with E-state index in [1.54, 1.807) is 6.92 Å². The zero-order valence-electron chi connectivity index (χ0n) is 13.4. The Bertz CT molecular complexity index is 958. The molecule has 1 aromatic heterocycles. The number of nitrogens with zero attached hydrogens (tertiary/aromatic N) is 2. The first-order chi connectivity index (χ1) is 11.6. The number of aromatic nitrogens is 1. The number of carbonyl (C=O) groups is 2. The van der Waals surface area contributed by atoms with Gasteiger partial charge in [0, 0.05) is 12.5 Å². The molecule has 3 rings (SSSR count). The summed E-state index contributed by atoms with van der Waals surface area (Å²) in [6.07, 6.45) is 2.44. The number of anilines is 1. The molecule has 1 aromatic carbocycles. The minimum absolute atomic E-state index is 0.132. The third-order valence-electron chi connectivity index (χ3n) is 3.99. The van der Waals surface area contributed by atoms with Gasteiger partial charge in [-0.05, 0) is 36.8 Å². The minimum Gasteiger partial charge on any atom is -0.319 e. The predicted molar refractivity (Wildman–Crippen MR) is 92.2 cm³/mol. The molecule has 25 heavy (non-hydrogen) atoms. The summed E-state index contributed by atoms with van der Waals surface area (Å²) in [6.45, 7) is 1.55. The molecule has 2 heterocycles. The number of pyridine rings is 1. The first kappa shape index (κ1) is 17.4. The van der Waals surface area contributed by atoms with Crippen LogP contribution in [-0.2, 0) is 20.2 Å². The van der Waals surface area contributed by atoms with Gasteiger partial charge in [0.05, 0.1) is 9.92 Å². The quantitative estimate of drug-likeness (QED) is 0.824. The maximum absolute atomic E-state index is 12.9. The molecule has 7 nitrogen and oxygen atoms in total. The fraction of sp³-hybridized carbons (Fsp3) is 0.188. The van der Waals surface area contributed by atoms with Crippen LogP contribution in [0.3, 0.4) is 0 Å². The second-order valence-electron chi connectivity index (χ2n) is 5.83. The van der Waals surface area contributed by atoms with E-state index in [0.717, 1.165) is 11.2 Å². The molecule has 1 atom stereocenters. The van der Waals surface area contributed by atoms with E-state index < -0.39 is 27.3 Å². The number of imide groups is 1. The Kier molecular flexibility index (Phi) is 4.04. The Hall–Kier alpha value is -2.45. The fourth-order valence-electron chi connectivity index (χ4n) is 2.58. The molecule has 1 aliphatic rings. The van der Waals surface area contributed by atoms with Crippen LogP contribution in [0.15, 0.2) is 47.5 Å². The van der Waals surface area contributed by atoms with Gasteiger partial charge in [-0.3, -0.25) is 4.79 Å².